The van der Waals surface area contributed by atoms with Crippen molar-refractivity contribution in [2.75, 3.05) is 0 Å². The van der Waals surface area contributed by atoms with Crippen molar-refractivity contribution in [1.29, 1.82) is 0 Å². The summed E-state index contributed by atoms with van der Waals surface area (Å²) in [5.41, 5.74) is 14.0. The highest BCUT2D eigenvalue weighted by Crippen LogP contribution is 2.36. The first-order valence-corrected chi connectivity index (χ1v) is 17.8. The van der Waals surface area contributed by atoms with Gasteiger partial charge in [0.1, 0.15) is 0 Å². The molecule has 248 valence electrons. The Hall–Kier alpha value is -7.17. The predicted molar refractivity (Wildman–Crippen MR) is 219 cm³/mol. The quantitative estimate of drug-likeness (QED) is 0.176. The van der Waals surface area contributed by atoms with Crippen LogP contribution in [0.1, 0.15) is 0 Å². The number of pyridine rings is 3. The highest BCUT2D eigenvalue weighted by molar-refractivity contribution is 6.10. The van der Waals surface area contributed by atoms with E-state index in [1.54, 1.807) is 0 Å². The number of nitrogens with zero attached hydrogens (tertiary/aromatic N) is 4. The summed E-state index contributed by atoms with van der Waals surface area (Å²) in [7, 11) is 0. The molecule has 0 aliphatic rings. The lowest BCUT2D eigenvalue weighted by atomic mass is 9.96. The molecule has 4 aromatic heterocycles. The van der Waals surface area contributed by atoms with Crippen LogP contribution in [-0.2, 0) is 0 Å². The average molecular weight is 677 g/mol. The summed E-state index contributed by atoms with van der Waals surface area (Å²) in [6.07, 6.45) is 5.66. The molecule has 10 rings (SSSR count). The van der Waals surface area contributed by atoms with E-state index in [0.717, 1.165) is 72.6 Å². The average Bonchev–Trinajstić information content (AvgIpc) is 3.58. The predicted octanol–water partition coefficient (Wildman–Crippen LogP) is 12.5. The van der Waals surface area contributed by atoms with Crippen LogP contribution in [0.3, 0.4) is 0 Å². The summed E-state index contributed by atoms with van der Waals surface area (Å²) < 4.78 is 2.32. The van der Waals surface area contributed by atoms with Gasteiger partial charge in [0.2, 0.25) is 0 Å². The maximum atomic E-state index is 5.16. The van der Waals surface area contributed by atoms with Crippen LogP contribution in [0, 0.1) is 0 Å². The minimum atomic E-state index is 0.840. The molecule has 0 bridgehead atoms. The fourth-order valence-corrected chi connectivity index (χ4v) is 7.47. The molecule has 0 unspecified atom stereocenters. The molecule has 53 heavy (non-hydrogen) atoms. The van der Waals surface area contributed by atoms with Crippen molar-refractivity contribution in [3.05, 3.63) is 195 Å². The van der Waals surface area contributed by atoms with Gasteiger partial charge in [-0.15, -0.1) is 0 Å². The summed E-state index contributed by atoms with van der Waals surface area (Å²) in [5, 5.41) is 4.79. The van der Waals surface area contributed by atoms with Gasteiger partial charge in [-0.2, -0.15) is 0 Å². The molecule has 0 atom stereocenters. The lowest BCUT2D eigenvalue weighted by molar-refractivity contribution is 1.17. The van der Waals surface area contributed by atoms with Crippen LogP contribution in [0.4, 0.5) is 0 Å². The zero-order valence-electron chi connectivity index (χ0n) is 28.8. The van der Waals surface area contributed by atoms with Gasteiger partial charge in [0.05, 0.1) is 28.1 Å². The van der Waals surface area contributed by atoms with E-state index in [-0.39, 0.29) is 0 Å². The molecule has 0 aliphatic carbocycles. The third-order valence-electron chi connectivity index (χ3n) is 10.1. The van der Waals surface area contributed by atoms with Crippen molar-refractivity contribution in [2.24, 2.45) is 0 Å². The highest BCUT2D eigenvalue weighted by Gasteiger charge is 2.15. The van der Waals surface area contributed by atoms with E-state index in [0.29, 0.717) is 0 Å². The molecule has 0 spiro atoms. The van der Waals surface area contributed by atoms with Gasteiger partial charge in [-0.25, -0.2) is 4.98 Å². The Balaban J connectivity index is 1.04. The second-order valence-corrected chi connectivity index (χ2v) is 13.4. The Bertz CT molecular complexity index is 2930. The van der Waals surface area contributed by atoms with Crippen LogP contribution in [0.2, 0.25) is 0 Å². The summed E-state index contributed by atoms with van der Waals surface area (Å²) in [6, 6.07) is 62.3. The number of hydrogen-bond donors (Lipinski definition) is 0. The first-order valence-electron chi connectivity index (χ1n) is 17.8. The first-order chi connectivity index (χ1) is 26.2. The number of aromatic nitrogens is 4. The number of para-hydroxylation sites is 1. The van der Waals surface area contributed by atoms with Gasteiger partial charge in [-0.1, -0.05) is 109 Å². The Kier molecular flexibility index (Phi) is 7.43. The van der Waals surface area contributed by atoms with Crippen molar-refractivity contribution in [3.8, 4) is 61.7 Å². The normalized spacial score (nSPS) is 11.4. The van der Waals surface area contributed by atoms with Crippen LogP contribution in [0.5, 0.6) is 0 Å². The molecule has 10 aromatic rings. The summed E-state index contributed by atoms with van der Waals surface area (Å²) >= 11 is 0. The number of benzene rings is 6. The van der Waals surface area contributed by atoms with Crippen LogP contribution in [-0.4, -0.2) is 19.5 Å². The van der Waals surface area contributed by atoms with Gasteiger partial charge in [-0.3, -0.25) is 9.97 Å². The molecule has 0 radical (unpaired) electrons. The summed E-state index contributed by atoms with van der Waals surface area (Å²) in [5.74, 6) is 0. The van der Waals surface area contributed by atoms with Gasteiger partial charge in [0.25, 0.3) is 0 Å². The molecule has 0 amide bonds. The molecule has 0 saturated heterocycles. The van der Waals surface area contributed by atoms with E-state index in [1.807, 2.05) is 36.8 Å². The van der Waals surface area contributed by atoms with Gasteiger partial charge in [0, 0.05) is 40.6 Å². The van der Waals surface area contributed by atoms with Gasteiger partial charge in [0.15, 0.2) is 0 Å². The standard InChI is InChI=1S/C49H32N4/c1-2-13-42(14-3-1)53-48-23-22-39(29-43(48)44-32-50-26-24-49(44)53)34-16-18-35(19-17-34)41-30-46(52-47(31-41)45-15-6-7-25-51-45)40-12-8-11-37(28-40)38-21-20-33-9-4-5-10-36(33)27-38/h1-32H. The monoisotopic (exact) mass is 676 g/mol. The molecule has 0 saturated carbocycles. The lowest BCUT2D eigenvalue weighted by Crippen LogP contribution is -1.93. The summed E-state index contributed by atoms with van der Waals surface area (Å²) in [6.45, 7) is 0. The van der Waals surface area contributed by atoms with E-state index >= 15 is 0 Å². The molecule has 0 aliphatic heterocycles. The van der Waals surface area contributed by atoms with E-state index in [2.05, 4.69) is 172 Å². The van der Waals surface area contributed by atoms with E-state index in [1.165, 1.54) is 21.7 Å². The van der Waals surface area contributed by atoms with Crippen molar-refractivity contribution in [3.63, 3.8) is 0 Å². The van der Waals surface area contributed by atoms with Crippen molar-refractivity contribution >= 4 is 32.6 Å². The van der Waals surface area contributed by atoms with Crippen LogP contribution < -0.4 is 0 Å². The third-order valence-corrected chi connectivity index (χ3v) is 10.1. The van der Waals surface area contributed by atoms with E-state index < -0.39 is 0 Å². The fourth-order valence-electron chi connectivity index (χ4n) is 7.47. The van der Waals surface area contributed by atoms with Crippen LogP contribution in [0.25, 0.3) is 94.3 Å². The Morgan fingerprint density at radius 2 is 1.04 bits per heavy atom. The molecular formula is C49H32N4. The van der Waals surface area contributed by atoms with E-state index in [4.69, 9.17) is 4.98 Å². The Morgan fingerprint density at radius 1 is 0.358 bits per heavy atom. The molecule has 4 heterocycles. The smallest absolute Gasteiger partial charge is 0.0899 e. The minimum absolute atomic E-state index is 0.840. The van der Waals surface area contributed by atoms with Gasteiger partial charge >= 0.3 is 0 Å². The fraction of sp³-hybridized carbons (Fsp3) is 0. The second-order valence-electron chi connectivity index (χ2n) is 13.4. The number of fused-ring (bicyclic) bond motifs is 4. The molecule has 6 aromatic carbocycles. The number of rotatable bonds is 6. The van der Waals surface area contributed by atoms with E-state index in [9.17, 15) is 0 Å². The maximum Gasteiger partial charge on any atom is 0.0899 e. The van der Waals surface area contributed by atoms with Crippen LogP contribution >= 0.6 is 0 Å². The Labute approximate surface area is 307 Å². The van der Waals surface area contributed by atoms with Gasteiger partial charge < -0.3 is 4.57 Å². The molecule has 4 heteroatoms. The maximum absolute atomic E-state index is 5.16. The topological polar surface area (TPSA) is 43.6 Å². The molecule has 0 N–H and O–H groups in total. The van der Waals surface area contributed by atoms with Crippen molar-refractivity contribution in [1.82, 2.24) is 19.5 Å². The second kappa shape index (κ2) is 12.9. The lowest BCUT2D eigenvalue weighted by Gasteiger charge is -2.12. The largest absolute Gasteiger partial charge is 0.309 e. The molecule has 0 fully saturated rings. The molecular weight excluding hydrogens is 645 g/mol. The third kappa shape index (κ3) is 5.63. The minimum Gasteiger partial charge on any atom is -0.309 e. The molecule has 4 nitrogen and oxygen atoms in total. The van der Waals surface area contributed by atoms with Crippen molar-refractivity contribution < 1.29 is 0 Å². The summed E-state index contributed by atoms with van der Waals surface area (Å²) in [4.78, 5) is 14.3. The van der Waals surface area contributed by atoms with Crippen molar-refractivity contribution in [2.45, 2.75) is 0 Å². The van der Waals surface area contributed by atoms with Gasteiger partial charge in [-0.05, 0) is 111 Å². The Morgan fingerprint density at radius 3 is 1.89 bits per heavy atom. The first kappa shape index (κ1) is 30.6. The highest BCUT2D eigenvalue weighted by atomic mass is 15.0. The number of hydrogen-bond acceptors (Lipinski definition) is 3. The zero-order valence-corrected chi connectivity index (χ0v) is 28.8. The SMILES string of the molecule is c1ccc(-n2c3ccncc3c3cc(-c4ccc(-c5cc(-c6cccc(-c7ccc8ccccc8c7)c6)nc(-c6ccccn6)c5)cc4)ccc32)cc1. The zero-order chi connectivity index (χ0) is 35.1. The van der Waals surface area contributed by atoms with Crippen LogP contribution in [0.15, 0.2) is 195 Å².